The molecule has 0 bridgehead atoms. The molecule has 0 spiro atoms. The highest BCUT2D eigenvalue weighted by atomic mass is 127. The van der Waals surface area contributed by atoms with Gasteiger partial charge in [-0.25, -0.2) is 4.79 Å². The molecule has 2 aromatic rings. The molecule has 0 unspecified atom stereocenters. The quantitative estimate of drug-likeness (QED) is 0.795. The van der Waals surface area contributed by atoms with Gasteiger partial charge in [-0.15, -0.1) is 0 Å². The van der Waals surface area contributed by atoms with Gasteiger partial charge >= 0.3 is 5.97 Å². The van der Waals surface area contributed by atoms with Crippen LogP contribution in [0.3, 0.4) is 0 Å². The van der Waals surface area contributed by atoms with Crippen LogP contribution in [0, 0.1) is 10.5 Å². The molecule has 1 heterocycles. The summed E-state index contributed by atoms with van der Waals surface area (Å²) in [6.07, 6.45) is 0. The smallest absolute Gasteiger partial charge is 0.337 e. The van der Waals surface area contributed by atoms with Crippen molar-refractivity contribution in [3.05, 3.63) is 44.8 Å². The van der Waals surface area contributed by atoms with E-state index in [1.165, 1.54) is 10.7 Å². The van der Waals surface area contributed by atoms with Gasteiger partial charge in [0.15, 0.2) is 0 Å². The second kappa shape index (κ2) is 5.61. The Morgan fingerprint density at radius 3 is 2.60 bits per heavy atom. The van der Waals surface area contributed by atoms with Crippen molar-refractivity contribution in [1.29, 1.82) is 0 Å². The standard InChI is InChI=1S/C13H12IN3O3/c1-7-5-11(17(2)16-7)12(18)15-10-4-3-8(14)6-9(10)13(19)20/h3-6H,1-2H3,(H,15,18)(H,19,20). The van der Waals surface area contributed by atoms with Gasteiger partial charge in [0.05, 0.1) is 16.9 Å². The first-order valence-electron chi connectivity index (χ1n) is 5.73. The molecule has 0 saturated heterocycles. The summed E-state index contributed by atoms with van der Waals surface area (Å²) in [6, 6.07) is 6.46. The van der Waals surface area contributed by atoms with Crippen LogP contribution in [0.1, 0.15) is 26.5 Å². The lowest BCUT2D eigenvalue weighted by Gasteiger charge is -2.09. The van der Waals surface area contributed by atoms with Gasteiger partial charge in [0.2, 0.25) is 0 Å². The van der Waals surface area contributed by atoms with E-state index >= 15 is 0 Å². The molecule has 20 heavy (non-hydrogen) atoms. The van der Waals surface area contributed by atoms with E-state index in [1.807, 2.05) is 22.6 Å². The Morgan fingerprint density at radius 1 is 1.35 bits per heavy atom. The predicted octanol–water partition coefficient (Wildman–Crippen LogP) is 2.28. The monoisotopic (exact) mass is 385 g/mol. The van der Waals surface area contributed by atoms with Crippen LogP contribution in [0.15, 0.2) is 24.3 Å². The van der Waals surface area contributed by atoms with Gasteiger partial charge in [-0.3, -0.25) is 9.48 Å². The summed E-state index contributed by atoms with van der Waals surface area (Å²) in [4.78, 5) is 23.3. The first kappa shape index (κ1) is 14.5. The Bertz CT molecular complexity index is 694. The number of carbonyl (C=O) groups excluding carboxylic acids is 1. The second-order valence-corrected chi connectivity index (χ2v) is 5.49. The van der Waals surface area contributed by atoms with Crippen molar-refractivity contribution < 1.29 is 14.7 Å². The average molecular weight is 385 g/mol. The Kier molecular flexibility index (Phi) is 4.07. The number of aryl methyl sites for hydroxylation is 2. The van der Waals surface area contributed by atoms with Crippen LogP contribution >= 0.6 is 22.6 Å². The summed E-state index contributed by atoms with van der Waals surface area (Å²) in [6.45, 7) is 1.78. The number of aromatic nitrogens is 2. The lowest BCUT2D eigenvalue weighted by atomic mass is 10.1. The number of hydrogen-bond acceptors (Lipinski definition) is 3. The van der Waals surface area contributed by atoms with Gasteiger partial charge in [0.1, 0.15) is 5.69 Å². The number of benzene rings is 1. The number of anilines is 1. The van der Waals surface area contributed by atoms with Gasteiger partial charge in [-0.1, -0.05) is 0 Å². The lowest BCUT2D eigenvalue weighted by molar-refractivity contribution is 0.0698. The minimum absolute atomic E-state index is 0.0594. The maximum atomic E-state index is 12.1. The fourth-order valence-electron chi connectivity index (χ4n) is 1.81. The van der Waals surface area contributed by atoms with Crippen molar-refractivity contribution in [2.75, 3.05) is 5.32 Å². The number of halogens is 1. The molecule has 0 radical (unpaired) electrons. The highest BCUT2D eigenvalue weighted by Gasteiger charge is 2.16. The van der Waals surface area contributed by atoms with Crippen molar-refractivity contribution >= 4 is 40.2 Å². The van der Waals surface area contributed by atoms with E-state index in [1.54, 1.807) is 32.2 Å². The number of nitrogens with one attached hydrogen (secondary N) is 1. The van der Waals surface area contributed by atoms with Crippen LogP contribution in [0.4, 0.5) is 5.69 Å². The zero-order valence-electron chi connectivity index (χ0n) is 10.8. The molecule has 1 aromatic carbocycles. The van der Waals surface area contributed by atoms with Crippen LogP contribution in [0.2, 0.25) is 0 Å². The number of hydrogen-bond donors (Lipinski definition) is 2. The number of carboxylic acid groups (broad SMARTS) is 1. The molecule has 0 aliphatic carbocycles. The molecule has 2 rings (SSSR count). The predicted molar refractivity (Wildman–Crippen MR) is 82.0 cm³/mol. The Balaban J connectivity index is 2.33. The Hall–Kier alpha value is -1.90. The Labute approximate surface area is 128 Å². The summed E-state index contributed by atoms with van der Waals surface area (Å²) in [5.74, 6) is -1.48. The minimum Gasteiger partial charge on any atom is -0.478 e. The van der Waals surface area contributed by atoms with Crippen molar-refractivity contribution in [2.24, 2.45) is 7.05 Å². The third-order valence-corrected chi connectivity index (χ3v) is 3.37. The van der Waals surface area contributed by atoms with E-state index in [4.69, 9.17) is 5.11 Å². The molecule has 6 nitrogen and oxygen atoms in total. The zero-order chi connectivity index (χ0) is 14.9. The number of aromatic carboxylic acids is 1. The van der Waals surface area contributed by atoms with Crippen LogP contribution < -0.4 is 5.32 Å². The molecule has 0 saturated carbocycles. The van der Waals surface area contributed by atoms with E-state index in [0.717, 1.165) is 9.26 Å². The van der Waals surface area contributed by atoms with E-state index in [0.29, 0.717) is 5.69 Å². The Morgan fingerprint density at radius 2 is 2.05 bits per heavy atom. The highest BCUT2D eigenvalue weighted by Crippen LogP contribution is 2.20. The summed E-state index contributed by atoms with van der Waals surface area (Å²) >= 11 is 2.02. The topological polar surface area (TPSA) is 84.2 Å². The third-order valence-electron chi connectivity index (χ3n) is 2.69. The van der Waals surface area contributed by atoms with Gasteiger partial charge < -0.3 is 10.4 Å². The van der Waals surface area contributed by atoms with Crippen LogP contribution in [-0.2, 0) is 7.05 Å². The fourth-order valence-corrected chi connectivity index (χ4v) is 2.30. The molecular formula is C13H12IN3O3. The van der Waals surface area contributed by atoms with Gasteiger partial charge in [0.25, 0.3) is 5.91 Å². The minimum atomic E-state index is -1.08. The van der Waals surface area contributed by atoms with Gasteiger partial charge in [-0.2, -0.15) is 5.10 Å². The van der Waals surface area contributed by atoms with E-state index in [2.05, 4.69) is 10.4 Å². The van der Waals surface area contributed by atoms with E-state index in [9.17, 15) is 9.59 Å². The fraction of sp³-hybridized carbons (Fsp3) is 0.154. The average Bonchev–Trinajstić information content (AvgIpc) is 2.70. The summed E-state index contributed by atoms with van der Waals surface area (Å²) in [5.41, 5.74) is 1.42. The highest BCUT2D eigenvalue weighted by molar-refractivity contribution is 14.1. The lowest BCUT2D eigenvalue weighted by Crippen LogP contribution is -2.18. The number of nitrogens with zero attached hydrogens (tertiary/aromatic N) is 2. The number of amides is 1. The normalized spacial score (nSPS) is 10.3. The molecule has 7 heteroatoms. The number of carboxylic acids is 1. The molecule has 0 aliphatic heterocycles. The first-order valence-corrected chi connectivity index (χ1v) is 6.81. The molecule has 104 valence electrons. The molecule has 0 aliphatic rings. The number of carbonyl (C=O) groups is 2. The van der Waals surface area contributed by atoms with E-state index < -0.39 is 11.9 Å². The summed E-state index contributed by atoms with van der Waals surface area (Å²) in [5, 5.41) is 15.8. The largest absolute Gasteiger partial charge is 0.478 e. The van der Waals surface area contributed by atoms with Crippen LogP contribution in [0.5, 0.6) is 0 Å². The van der Waals surface area contributed by atoms with Crippen molar-refractivity contribution in [2.45, 2.75) is 6.92 Å². The van der Waals surface area contributed by atoms with E-state index in [-0.39, 0.29) is 11.3 Å². The molecular weight excluding hydrogens is 373 g/mol. The van der Waals surface area contributed by atoms with Gasteiger partial charge in [-0.05, 0) is 53.8 Å². The molecule has 2 N–H and O–H groups in total. The van der Waals surface area contributed by atoms with Crippen molar-refractivity contribution in [3.8, 4) is 0 Å². The maximum Gasteiger partial charge on any atom is 0.337 e. The molecule has 0 atom stereocenters. The maximum absolute atomic E-state index is 12.1. The van der Waals surface area contributed by atoms with Crippen LogP contribution in [0.25, 0.3) is 0 Å². The molecule has 0 fully saturated rings. The summed E-state index contributed by atoms with van der Waals surface area (Å²) < 4.78 is 2.24. The second-order valence-electron chi connectivity index (χ2n) is 4.24. The first-order chi connectivity index (χ1) is 9.38. The van der Waals surface area contributed by atoms with Gasteiger partial charge in [0, 0.05) is 10.6 Å². The zero-order valence-corrected chi connectivity index (χ0v) is 13.0. The third kappa shape index (κ3) is 2.98. The summed E-state index contributed by atoms with van der Waals surface area (Å²) in [7, 11) is 1.66. The van der Waals surface area contributed by atoms with Crippen molar-refractivity contribution in [3.63, 3.8) is 0 Å². The molecule has 1 aromatic heterocycles. The van der Waals surface area contributed by atoms with Crippen molar-refractivity contribution in [1.82, 2.24) is 9.78 Å². The molecule has 1 amide bonds. The van der Waals surface area contributed by atoms with Crippen LogP contribution in [-0.4, -0.2) is 26.8 Å². The SMILES string of the molecule is Cc1cc(C(=O)Nc2ccc(I)cc2C(=O)O)n(C)n1. The number of rotatable bonds is 3.